The molecule has 0 aliphatic heterocycles. The van der Waals surface area contributed by atoms with Gasteiger partial charge in [-0.3, -0.25) is 4.68 Å². The van der Waals surface area contributed by atoms with E-state index in [1.807, 2.05) is 4.68 Å². The molecule has 1 atom stereocenters. The minimum atomic E-state index is 0.442. The van der Waals surface area contributed by atoms with Crippen LogP contribution in [0, 0.1) is 6.92 Å². The first kappa shape index (κ1) is 11.1. The molecule has 0 aliphatic rings. The number of rotatable bonds is 5. The second-order valence-electron chi connectivity index (χ2n) is 3.96. The van der Waals surface area contributed by atoms with Gasteiger partial charge in [-0.2, -0.15) is 5.10 Å². The van der Waals surface area contributed by atoms with Crippen molar-refractivity contribution in [3.8, 4) is 0 Å². The predicted molar refractivity (Wildman–Crippen MR) is 66.8 cm³/mol. The van der Waals surface area contributed by atoms with Crippen LogP contribution in [0.25, 0.3) is 0 Å². The van der Waals surface area contributed by atoms with Crippen LogP contribution < -0.4 is 5.32 Å². The normalized spacial score (nSPS) is 12.6. The van der Waals surface area contributed by atoms with Gasteiger partial charge in [-0.15, -0.1) is 11.3 Å². The standard InChI is InChI=1S/C11H16N4S/c1-9-5-16-6-11(9)14-10(2)3-4-15-8-12-7-13-15/h5-8,10,14H,3-4H2,1-2H3. The van der Waals surface area contributed by atoms with Crippen LogP contribution in [0.2, 0.25) is 0 Å². The quantitative estimate of drug-likeness (QED) is 0.867. The van der Waals surface area contributed by atoms with Crippen LogP contribution in [0.1, 0.15) is 18.9 Å². The highest BCUT2D eigenvalue weighted by molar-refractivity contribution is 7.08. The average molecular weight is 236 g/mol. The summed E-state index contributed by atoms with van der Waals surface area (Å²) in [6, 6.07) is 0.442. The summed E-state index contributed by atoms with van der Waals surface area (Å²) in [5.74, 6) is 0. The lowest BCUT2D eigenvalue weighted by Crippen LogP contribution is -2.18. The fraction of sp³-hybridized carbons (Fsp3) is 0.455. The molecule has 4 nitrogen and oxygen atoms in total. The Morgan fingerprint density at radius 3 is 3.00 bits per heavy atom. The summed E-state index contributed by atoms with van der Waals surface area (Å²) in [4.78, 5) is 3.92. The summed E-state index contributed by atoms with van der Waals surface area (Å²) < 4.78 is 1.86. The van der Waals surface area contributed by atoms with Gasteiger partial charge in [0.05, 0.1) is 0 Å². The molecule has 16 heavy (non-hydrogen) atoms. The molecule has 2 rings (SSSR count). The number of nitrogens with zero attached hydrogens (tertiary/aromatic N) is 3. The molecule has 0 fully saturated rings. The van der Waals surface area contributed by atoms with E-state index in [2.05, 4.69) is 40.0 Å². The van der Waals surface area contributed by atoms with E-state index < -0.39 is 0 Å². The first-order chi connectivity index (χ1) is 7.75. The van der Waals surface area contributed by atoms with Crippen LogP contribution in [0.5, 0.6) is 0 Å². The molecule has 5 heteroatoms. The largest absolute Gasteiger partial charge is 0.382 e. The van der Waals surface area contributed by atoms with Gasteiger partial charge >= 0.3 is 0 Å². The number of hydrogen-bond acceptors (Lipinski definition) is 4. The minimum absolute atomic E-state index is 0.442. The maximum Gasteiger partial charge on any atom is 0.137 e. The molecule has 0 bridgehead atoms. The lowest BCUT2D eigenvalue weighted by molar-refractivity contribution is 0.544. The Bertz CT molecular complexity index is 421. The zero-order valence-electron chi connectivity index (χ0n) is 9.55. The van der Waals surface area contributed by atoms with Crippen molar-refractivity contribution in [1.29, 1.82) is 0 Å². The lowest BCUT2D eigenvalue weighted by atomic mass is 10.2. The summed E-state index contributed by atoms with van der Waals surface area (Å²) in [5.41, 5.74) is 2.56. The molecule has 2 aromatic rings. The number of aromatic nitrogens is 3. The molecule has 0 aliphatic carbocycles. The number of hydrogen-bond donors (Lipinski definition) is 1. The van der Waals surface area contributed by atoms with Crippen LogP contribution >= 0.6 is 11.3 Å². The molecule has 1 unspecified atom stereocenters. The maximum atomic E-state index is 4.08. The molecule has 0 saturated carbocycles. The Morgan fingerprint density at radius 2 is 2.38 bits per heavy atom. The van der Waals surface area contributed by atoms with Gasteiger partial charge in [0.25, 0.3) is 0 Å². The highest BCUT2D eigenvalue weighted by atomic mass is 32.1. The SMILES string of the molecule is Cc1cscc1NC(C)CCn1cncn1. The summed E-state index contributed by atoms with van der Waals surface area (Å²) in [6.07, 6.45) is 4.36. The topological polar surface area (TPSA) is 42.7 Å². The van der Waals surface area contributed by atoms with Crippen LogP contribution in [0.15, 0.2) is 23.4 Å². The van der Waals surface area contributed by atoms with Gasteiger partial charge in [-0.05, 0) is 31.2 Å². The smallest absolute Gasteiger partial charge is 0.137 e. The summed E-state index contributed by atoms with van der Waals surface area (Å²) in [5, 5.41) is 11.9. The number of aryl methyl sites for hydroxylation is 2. The Kier molecular flexibility index (Phi) is 3.56. The molecule has 1 N–H and O–H groups in total. The molecule has 0 spiro atoms. The van der Waals surface area contributed by atoms with E-state index in [0.717, 1.165) is 13.0 Å². The molecule has 2 heterocycles. The third-order valence-electron chi connectivity index (χ3n) is 2.52. The first-order valence-electron chi connectivity index (χ1n) is 5.37. The van der Waals surface area contributed by atoms with Gasteiger partial charge in [0, 0.05) is 23.7 Å². The fourth-order valence-electron chi connectivity index (χ4n) is 1.52. The second kappa shape index (κ2) is 5.12. The Labute approximate surface area is 99.3 Å². The minimum Gasteiger partial charge on any atom is -0.382 e. The van der Waals surface area contributed by atoms with Crippen molar-refractivity contribution in [2.24, 2.45) is 0 Å². The summed E-state index contributed by atoms with van der Waals surface area (Å²) in [7, 11) is 0. The molecule has 2 aromatic heterocycles. The van der Waals surface area contributed by atoms with E-state index >= 15 is 0 Å². The molecule has 86 valence electrons. The zero-order chi connectivity index (χ0) is 11.4. The first-order valence-corrected chi connectivity index (χ1v) is 6.31. The Balaban J connectivity index is 1.81. The van der Waals surface area contributed by atoms with Crippen molar-refractivity contribution in [2.45, 2.75) is 32.9 Å². The van der Waals surface area contributed by atoms with Gasteiger partial charge in [-0.25, -0.2) is 4.98 Å². The van der Waals surface area contributed by atoms with Crippen molar-refractivity contribution in [3.63, 3.8) is 0 Å². The van der Waals surface area contributed by atoms with Gasteiger partial charge in [0.2, 0.25) is 0 Å². The molecule has 0 radical (unpaired) electrons. The predicted octanol–water partition coefficient (Wildman–Crippen LogP) is 2.54. The third kappa shape index (κ3) is 2.82. The van der Waals surface area contributed by atoms with E-state index in [-0.39, 0.29) is 0 Å². The van der Waals surface area contributed by atoms with Crippen molar-refractivity contribution in [2.75, 3.05) is 5.32 Å². The fourth-order valence-corrected chi connectivity index (χ4v) is 2.31. The molecular formula is C11H16N4S. The van der Waals surface area contributed by atoms with Crippen molar-refractivity contribution in [1.82, 2.24) is 14.8 Å². The number of anilines is 1. The average Bonchev–Trinajstić information content (AvgIpc) is 2.88. The highest BCUT2D eigenvalue weighted by Gasteiger charge is 2.05. The monoisotopic (exact) mass is 236 g/mol. The molecule has 0 aromatic carbocycles. The molecular weight excluding hydrogens is 220 g/mol. The Morgan fingerprint density at radius 1 is 1.50 bits per heavy atom. The van der Waals surface area contributed by atoms with Crippen LogP contribution in [-0.2, 0) is 6.54 Å². The Hall–Kier alpha value is -1.36. The third-order valence-corrected chi connectivity index (χ3v) is 3.38. The molecule has 0 saturated heterocycles. The number of thiophene rings is 1. The summed E-state index contributed by atoms with van der Waals surface area (Å²) >= 11 is 1.73. The van der Waals surface area contributed by atoms with E-state index in [1.165, 1.54) is 11.3 Å². The van der Waals surface area contributed by atoms with E-state index in [1.54, 1.807) is 24.0 Å². The van der Waals surface area contributed by atoms with E-state index in [4.69, 9.17) is 0 Å². The second-order valence-corrected chi connectivity index (χ2v) is 4.70. The maximum absolute atomic E-state index is 4.08. The van der Waals surface area contributed by atoms with Gasteiger partial charge in [0.15, 0.2) is 0 Å². The van der Waals surface area contributed by atoms with Crippen molar-refractivity contribution >= 4 is 17.0 Å². The lowest BCUT2D eigenvalue weighted by Gasteiger charge is -2.14. The molecule has 0 amide bonds. The van der Waals surface area contributed by atoms with Gasteiger partial charge < -0.3 is 5.32 Å². The van der Waals surface area contributed by atoms with Gasteiger partial charge in [0.1, 0.15) is 12.7 Å². The summed E-state index contributed by atoms with van der Waals surface area (Å²) in [6.45, 7) is 5.22. The zero-order valence-corrected chi connectivity index (χ0v) is 10.4. The van der Waals surface area contributed by atoms with E-state index in [9.17, 15) is 0 Å². The van der Waals surface area contributed by atoms with Crippen molar-refractivity contribution in [3.05, 3.63) is 29.0 Å². The van der Waals surface area contributed by atoms with Crippen LogP contribution in [0.4, 0.5) is 5.69 Å². The van der Waals surface area contributed by atoms with E-state index in [0.29, 0.717) is 6.04 Å². The highest BCUT2D eigenvalue weighted by Crippen LogP contribution is 2.20. The van der Waals surface area contributed by atoms with Crippen LogP contribution in [-0.4, -0.2) is 20.8 Å². The van der Waals surface area contributed by atoms with Gasteiger partial charge in [-0.1, -0.05) is 0 Å². The van der Waals surface area contributed by atoms with Crippen LogP contribution in [0.3, 0.4) is 0 Å². The number of nitrogens with one attached hydrogen (secondary N) is 1. The van der Waals surface area contributed by atoms with Crippen molar-refractivity contribution < 1.29 is 0 Å².